The number of nitrogens with zero attached hydrogens (tertiary/aromatic N) is 1. The molecule has 1 aliphatic rings. The molecule has 1 saturated heterocycles. The minimum atomic E-state index is -0.162. The highest BCUT2D eigenvalue weighted by Gasteiger charge is 2.26. The first-order valence-electron chi connectivity index (χ1n) is 6.11. The number of nitrogens with two attached hydrogens (primary N) is 1. The minimum absolute atomic E-state index is 0.0158. The van der Waals surface area contributed by atoms with Crippen LogP contribution in [-0.4, -0.2) is 42.0 Å². The lowest BCUT2D eigenvalue weighted by Gasteiger charge is -2.39. The lowest BCUT2D eigenvalue weighted by atomic mass is 10.1. The zero-order valence-electron chi connectivity index (χ0n) is 10.7. The number of ether oxygens (including phenoxy) is 1. The summed E-state index contributed by atoms with van der Waals surface area (Å²) < 4.78 is 5.52. The van der Waals surface area contributed by atoms with E-state index in [4.69, 9.17) is 34.3 Å². The van der Waals surface area contributed by atoms with Gasteiger partial charge in [-0.3, -0.25) is 0 Å². The van der Waals surface area contributed by atoms with Gasteiger partial charge in [0.2, 0.25) is 0 Å². The van der Waals surface area contributed by atoms with Crippen molar-refractivity contribution < 1.29 is 9.84 Å². The molecule has 1 heterocycles. The molecule has 19 heavy (non-hydrogen) atoms. The molecule has 0 aliphatic carbocycles. The van der Waals surface area contributed by atoms with Gasteiger partial charge in [-0.05, 0) is 25.1 Å². The van der Waals surface area contributed by atoms with Crippen LogP contribution in [0.1, 0.15) is 12.5 Å². The van der Waals surface area contributed by atoms with Gasteiger partial charge in [0.15, 0.2) is 0 Å². The maximum absolute atomic E-state index is 9.20. The van der Waals surface area contributed by atoms with Gasteiger partial charge in [-0.25, -0.2) is 0 Å². The smallest absolute Gasteiger partial charge is 0.105 e. The largest absolute Gasteiger partial charge is 0.394 e. The summed E-state index contributed by atoms with van der Waals surface area (Å²) >= 11 is 11.1. The highest BCUT2D eigenvalue weighted by atomic mass is 35.5. The number of benzene rings is 1. The molecule has 4 nitrogen and oxygen atoms in total. The van der Waals surface area contributed by atoms with Gasteiger partial charge >= 0.3 is 0 Å². The molecule has 1 aromatic rings. The molecule has 1 aliphatic heterocycles. The topological polar surface area (TPSA) is 58.7 Å². The summed E-state index contributed by atoms with van der Waals surface area (Å²) in [6, 6.07) is 5.86. The van der Waals surface area contributed by atoms with E-state index in [1.807, 2.05) is 18.2 Å². The molecule has 2 rings (SSSR count). The van der Waals surface area contributed by atoms with Crippen LogP contribution in [0.4, 0.5) is 5.69 Å². The van der Waals surface area contributed by atoms with Crippen molar-refractivity contribution in [3.63, 3.8) is 0 Å². The SMILES string of the molecule is CC1COC(CO)CN1c1ccc(C(N)=S)c(Cl)c1. The fourth-order valence-electron chi connectivity index (χ4n) is 2.17. The number of halogens is 1. The van der Waals surface area contributed by atoms with Crippen LogP contribution in [0.2, 0.25) is 5.02 Å². The predicted octanol–water partition coefficient (Wildman–Crippen LogP) is 1.56. The monoisotopic (exact) mass is 300 g/mol. The minimum Gasteiger partial charge on any atom is -0.394 e. The van der Waals surface area contributed by atoms with E-state index in [-0.39, 0.29) is 18.8 Å². The molecule has 0 bridgehead atoms. The van der Waals surface area contributed by atoms with Crippen LogP contribution < -0.4 is 10.6 Å². The third-order valence-corrected chi connectivity index (χ3v) is 3.79. The Bertz CT molecular complexity index is 484. The molecular formula is C13H17ClN2O2S. The summed E-state index contributed by atoms with van der Waals surface area (Å²) in [4.78, 5) is 2.46. The first-order chi connectivity index (χ1) is 9.02. The van der Waals surface area contributed by atoms with Crippen molar-refractivity contribution in [1.29, 1.82) is 0 Å². The Morgan fingerprint density at radius 1 is 1.63 bits per heavy atom. The van der Waals surface area contributed by atoms with E-state index < -0.39 is 0 Å². The van der Waals surface area contributed by atoms with E-state index in [1.54, 1.807) is 0 Å². The zero-order valence-corrected chi connectivity index (χ0v) is 12.2. The van der Waals surface area contributed by atoms with E-state index >= 15 is 0 Å². The van der Waals surface area contributed by atoms with Crippen LogP contribution in [0.15, 0.2) is 18.2 Å². The van der Waals surface area contributed by atoms with E-state index in [0.717, 1.165) is 5.69 Å². The van der Waals surface area contributed by atoms with E-state index in [0.29, 0.717) is 28.7 Å². The number of hydrogen-bond donors (Lipinski definition) is 2. The van der Waals surface area contributed by atoms with E-state index in [2.05, 4.69) is 11.8 Å². The second-order valence-electron chi connectivity index (χ2n) is 4.67. The molecule has 0 radical (unpaired) electrons. The summed E-state index contributed by atoms with van der Waals surface area (Å²) in [6.45, 7) is 3.31. The number of aliphatic hydroxyl groups is 1. The number of morpholine rings is 1. The molecule has 1 fully saturated rings. The average Bonchev–Trinajstić information content (AvgIpc) is 2.38. The number of rotatable bonds is 3. The highest BCUT2D eigenvalue weighted by molar-refractivity contribution is 7.80. The Labute approximate surface area is 123 Å². The Morgan fingerprint density at radius 3 is 2.95 bits per heavy atom. The molecular weight excluding hydrogens is 284 g/mol. The Morgan fingerprint density at radius 2 is 2.37 bits per heavy atom. The van der Waals surface area contributed by atoms with Crippen LogP contribution >= 0.6 is 23.8 Å². The van der Waals surface area contributed by atoms with Crippen LogP contribution in [0.25, 0.3) is 0 Å². The summed E-state index contributed by atoms with van der Waals surface area (Å²) in [5.74, 6) is 0. The summed E-state index contributed by atoms with van der Waals surface area (Å²) in [5, 5.41) is 9.75. The quantitative estimate of drug-likeness (QED) is 0.830. The average molecular weight is 301 g/mol. The molecule has 3 N–H and O–H groups in total. The van der Waals surface area contributed by atoms with Crippen molar-refractivity contribution in [2.75, 3.05) is 24.7 Å². The van der Waals surface area contributed by atoms with Gasteiger partial charge in [0.05, 0.1) is 24.3 Å². The molecule has 2 unspecified atom stereocenters. The van der Waals surface area contributed by atoms with Crippen molar-refractivity contribution >= 4 is 34.5 Å². The molecule has 0 amide bonds. The van der Waals surface area contributed by atoms with Crippen LogP contribution in [-0.2, 0) is 4.74 Å². The van der Waals surface area contributed by atoms with Gasteiger partial charge in [-0.2, -0.15) is 0 Å². The fourth-order valence-corrected chi connectivity index (χ4v) is 2.68. The Kier molecular flexibility index (Phi) is 4.62. The lowest BCUT2D eigenvalue weighted by molar-refractivity contribution is -0.0103. The van der Waals surface area contributed by atoms with Crippen molar-refractivity contribution in [2.45, 2.75) is 19.1 Å². The predicted molar refractivity (Wildman–Crippen MR) is 81.0 cm³/mol. The second-order valence-corrected chi connectivity index (χ2v) is 5.51. The molecule has 0 aromatic heterocycles. The third kappa shape index (κ3) is 3.17. The van der Waals surface area contributed by atoms with E-state index in [1.165, 1.54) is 0 Å². The second kappa shape index (κ2) is 6.05. The van der Waals surface area contributed by atoms with Gasteiger partial charge in [0.25, 0.3) is 0 Å². The van der Waals surface area contributed by atoms with Crippen molar-refractivity contribution in [1.82, 2.24) is 0 Å². The lowest BCUT2D eigenvalue weighted by Crippen LogP contribution is -2.49. The summed E-state index contributed by atoms with van der Waals surface area (Å²) in [5.41, 5.74) is 7.26. The Hall–Kier alpha value is -0.880. The first kappa shape index (κ1) is 14.5. The fraction of sp³-hybridized carbons (Fsp3) is 0.462. The van der Waals surface area contributed by atoms with Crippen LogP contribution in [0.5, 0.6) is 0 Å². The van der Waals surface area contributed by atoms with Crippen LogP contribution in [0.3, 0.4) is 0 Å². The number of hydrogen-bond acceptors (Lipinski definition) is 4. The van der Waals surface area contributed by atoms with Crippen LogP contribution in [0, 0.1) is 0 Å². The third-order valence-electron chi connectivity index (χ3n) is 3.26. The summed E-state index contributed by atoms with van der Waals surface area (Å²) in [7, 11) is 0. The van der Waals surface area contributed by atoms with E-state index in [9.17, 15) is 5.11 Å². The first-order valence-corrected chi connectivity index (χ1v) is 6.90. The molecule has 0 saturated carbocycles. The van der Waals surface area contributed by atoms with Gasteiger partial charge in [0.1, 0.15) is 4.99 Å². The number of aliphatic hydroxyl groups excluding tert-OH is 1. The standard InChI is InChI=1S/C13H17ClN2O2S/c1-8-7-18-10(6-17)5-16(8)9-2-3-11(13(15)19)12(14)4-9/h2-4,8,10,17H,5-7H2,1H3,(H2,15,19). The van der Waals surface area contributed by atoms with Gasteiger partial charge in [-0.1, -0.05) is 23.8 Å². The molecule has 1 aromatic carbocycles. The molecule has 104 valence electrons. The van der Waals surface area contributed by atoms with Crippen molar-refractivity contribution in [3.8, 4) is 0 Å². The van der Waals surface area contributed by atoms with Gasteiger partial charge in [-0.15, -0.1) is 0 Å². The molecule has 0 spiro atoms. The zero-order chi connectivity index (χ0) is 14.0. The normalized spacial score (nSPS) is 23.4. The summed E-state index contributed by atoms with van der Waals surface area (Å²) in [6.07, 6.45) is -0.162. The van der Waals surface area contributed by atoms with Crippen molar-refractivity contribution in [3.05, 3.63) is 28.8 Å². The Balaban J connectivity index is 2.25. The molecule has 6 heteroatoms. The molecule has 2 atom stereocenters. The highest BCUT2D eigenvalue weighted by Crippen LogP contribution is 2.27. The van der Waals surface area contributed by atoms with Gasteiger partial charge in [0, 0.05) is 23.8 Å². The maximum Gasteiger partial charge on any atom is 0.105 e. The van der Waals surface area contributed by atoms with Crippen molar-refractivity contribution in [2.24, 2.45) is 5.73 Å². The maximum atomic E-state index is 9.20. The number of thiocarbonyl (C=S) groups is 1. The van der Waals surface area contributed by atoms with Gasteiger partial charge < -0.3 is 20.5 Å². The number of anilines is 1.